The molecule has 0 aromatic heterocycles. The van der Waals surface area contributed by atoms with Crippen LogP contribution in [0, 0.1) is 17.8 Å². The van der Waals surface area contributed by atoms with E-state index in [1.807, 2.05) is 0 Å². The largest absolute Gasteiger partial charge is 0.126 e. The molecular formula is C9H17Cl. The van der Waals surface area contributed by atoms with Crippen LogP contribution in [-0.2, 0) is 0 Å². The van der Waals surface area contributed by atoms with Crippen molar-refractivity contribution < 1.29 is 0 Å². The molecule has 10 heavy (non-hydrogen) atoms. The molecule has 2 unspecified atom stereocenters. The van der Waals surface area contributed by atoms with Crippen molar-refractivity contribution in [2.45, 2.75) is 33.1 Å². The van der Waals surface area contributed by atoms with Crippen molar-refractivity contribution in [1.29, 1.82) is 0 Å². The Morgan fingerprint density at radius 2 is 1.60 bits per heavy atom. The SMILES string of the molecule is CC1CC(C)CC(CCl)C1. The van der Waals surface area contributed by atoms with Crippen LogP contribution in [0.1, 0.15) is 33.1 Å². The molecule has 0 aromatic carbocycles. The summed E-state index contributed by atoms with van der Waals surface area (Å²) in [6, 6.07) is 0. The van der Waals surface area contributed by atoms with Gasteiger partial charge in [0.1, 0.15) is 0 Å². The highest BCUT2D eigenvalue weighted by atomic mass is 35.5. The molecule has 1 rings (SSSR count). The molecule has 0 spiro atoms. The first-order valence-electron chi connectivity index (χ1n) is 4.28. The van der Waals surface area contributed by atoms with Gasteiger partial charge in [0.25, 0.3) is 0 Å². The summed E-state index contributed by atoms with van der Waals surface area (Å²) in [4.78, 5) is 0. The fourth-order valence-corrected chi connectivity index (χ4v) is 2.49. The van der Waals surface area contributed by atoms with E-state index in [0.717, 1.165) is 23.6 Å². The van der Waals surface area contributed by atoms with Gasteiger partial charge < -0.3 is 0 Å². The minimum atomic E-state index is 0.806. The number of alkyl halides is 1. The van der Waals surface area contributed by atoms with Gasteiger partial charge in [-0.05, 0) is 37.0 Å². The third-order valence-corrected chi connectivity index (χ3v) is 2.93. The van der Waals surface area contributed by atoms with Crippen LogP contribution in [-0.4, -0.2) is 5.88 Å². The van der Waals surface area contributed by atoms with Crippen molar-refractivity contribution in [3.05, 3.63) is 0 Å². The molecule has 1 aliphatic rings. The molecule has 2 atom stereocenters. The van der Waals surface area contributed by atoms with Crippen molar-refractivity contribution in [2.24, 2.45) is 17.8 Å². The molecule has 0 N–H and O–H groups in total. The van der Waals surface area contributed by atoms with Crippen molar-refractivity contribution in [2.75, 3.05) is 5.88 Å². The second-order valence-corrected chi connectivity index (χ2v) is 4.25. The Morgan fingerprint density at radius 3 is 2.00 bits per heavy atom. The maximum atomic E-state index is 5.81. The summed E-state index contributed by atoms with van der Waals surface area (Å²) in [5.74, 6) is 3.50. The molecular weight excluding hydrogens is 144 g/mol. The Balaban J connectivity index is 2.35. The quantitative estimate of drug-likeness (QED) is 0.517. The molecule has 0 radical (unpaired) electrons. The van der Waals surface area contributed by atoms with E-state index in [1.165, 1.54) is 19.3 Å². The van der Waals surface area contributed by atoms with Crippen LogP contribution in [0.3, 0.4) is 0 Å². The van der Waals surface area contributed by atoms with Gasteiger partial charge >= 0.3 is 0 Å². The minimum absolute atomic E-state index is 0.806. The summed E-state index contributed by atoms with van der Waals surface area (Å²) in [6.45, 7) is 4.68. The zero-order chi connectivity index (χ0) is 7.56. The first kappa shape index (κ1) is 8.39. The van der Waals surface area contributed by atoms with E-state index in [4.69, 9.17) is 11.6 Å². The fourth-order valence-electron chi connectivity index (χ4n) is 2.24. The normalized spacial score (nSPS) is 41.7. The molecule has 0 aromatic rings. The van der Waals surface area contributed by atoms with Gasteiger partial charge in [0, 0.05) is 5.88 Å². The molecule has 0 amide bonds. The average Bonchev–Trinajstić information content (AvgIpc) is 1.85. The summed E-state index contributed by atoms with van der Waals surface area (Å²) in [5, 5.41) is 0. The highest BCUT2D eigenvalue weighted by Crippen LogP contribution is 2.33. The van der Waals surface area contributed by atoms with Gasteiger partial charge in [0.05, 0.1) is 0 Å². The lowest BCUT2D eigenvalue weighted by molar-refractivity contribution is 0.235. The van der Waals surface area contributed by atoms with Gasteiger partial charge in [0.2, 0.25) is 0 Å². The predicted octanol–water partition coefficient (Wildman–Crippen LogP) is 3.30. The van der Waals surface area contributed by atoms with E-state index < -0.39 is 0 Å². The summed E-state index contributed by atoms with van der Waals surface area (Å²) in [7, 11) is 0. The number of hydrogen-bond donors (Lipinski definition) is 0. The summed E-state index contributed by atoms with van der Waals surface area (Å²) >= 11 is 5.81. The van der Waals surface area contributed by atoms with Crippen LogP contribution in [0.2, 0.25) is 0 Å². The van der Waals surface area contributed by atoms with Crippen molar-refractivity contribution in [1.82, 2.24) is 0 Å². The maximum Gasteiger partial charge on any atom is 0.0251 e. The van der Waals surface area contributed by atoms with E-state index in [9.17, 15) is 0 Å². The molecule has 0 bridgehead atoms. The zero-order valence-electron chi connectivity index (χ0n) is 6.94. The number of halogens is 1. The van der Waals surface area contributed by atoms with Crippen LogP contribution >= 0.6 is 11.6 Å². The van der Waals surface area contributed by atoms with Crippen molar-refractivity contribution >= 4 is 11.6 Å². The molecule has 60 valence electrons. The van der Waals surface area contributed by atoms with Crippen LogP contribution in [0.25, 0.3) is 0 Å². The lowest BCUT2D eigenvalue weighted by Crippen LogP contribution is -2.20. The van der Waals surface area contributed by atoms with Gasteiger partial charge in [-0.15, -0.1) is 11.6 Å². The van der Waals surface area contributed by atoms with E-state index in [1.54, 1.807) is 0 Å². The smallest absolute Gasteiger partial charge is 0.0251 e. The third-order valence-electron chi connectivity index (χ3n) is 2.49. The van der Waals surface area contributed by atoms with Gasteiger partial charge in [-0.25, -0.2) is 0 Å². The molecule has 0 aliphatic heterocycles. The Bertz CT molecular complexity index is 90.9. The summed E-state index contributed by atoms with van der Waals surface area (Å²) < 4.78 is 0. The van der Waals surface area contributed by atoms with Crippen molar-refractivity contribution in [3.8, 4) is 0 Å². The van der Waals surface area contributed by atoms with E-state index in [2.05, 4.69) is 13.8 Å². The third kappa shape index (κ3) is 2.16. The molecule has 1 heteroatoms. The molecule has 1 aliphatic carbocycles. The second kappa shape index (κ2) is 3.61. The lowest BCUT2D eigenvalue weighted by atomic mass is 9.78. The van der Waals surface area contributed by atoms with E-state index in [-0.39, 0.29) is 0 Å². The predicted molar refractivity (Wildman–Crippen MR) is 46.4 cm³/mol. The molecule has 0 saturated heterocycles. The molecule has 0 heterocycles. The number of hydrogen-bond acceptors (Lipinski definition) is 0. The van der Waals surface area contributed by atoms with Crippen LogP contribution in [0.15, 0.2) is 0 Å². The Hall–Kier alpha value is 0.290. The van der Waals surface area contributed by atoms with E-state index in [0.29, 0.717) is 0 Å². The molecule has 1 fully saturated rings. The van der Waals surface area contributed by atoms with Gasteiger partial charge in [-0.3, -0.25) is 0 Å². The second-order valence-electron chi connectivity index (χ2n) is 3.94. The molecule has 0 nitrogen and oxygen atoms in total. The zero-order valence-corrected chi connectivity index (χ0v) is 7.69. The van der Waals surface area contributed by atoms with E-state index >= 15 is 0 Å². The standard InChI is InChI=1S/C9H17Cl/c1-7-3-8(2)5-9(4-7)6-10/h7-9H,3-6H2,1-2H3. The summed E-state index contributed by atoms with van der Waals surface area (Å²) in [6.07, 6.45) is 4.12. The first-order chi connectivity index (χ1) is 4.72. The Kier molecular flexibility index (Phi) is 3.03. The highest BCUT2D eigenvalue weighted by molar-refractivity contribution is 6.18. The monoisotopic (exact) mass is 160 g/mol. The van der Waals surface area contributed by atoms with Gasteiger partial charge in [-0.1, -0.05) is 13.8 Å². The lowest BCUT2D eigenvalue weighted by Gasteiger charge is -2.29. The first-order valence-corrected chi connectivity index (χ1v) is 4.81. The highest BCUT2D eigenvalue weighted by Gasteiger charge is 2.22. The summed E-state index contributed by atoms with van der Waals surface area (Å²) in [5.41, 5.74) is 0. The Morgan fingerprint density at radius 1 is 1.10 bits per heavy atom. The topological polar surface area (TPSA) is 0 Å². The average molecular weight is 161 g/mol. The fraction of sp³-hybridized carbons (Fsp3) is 1.00. The van der Waals surface area contributed by atoms with Crippen LogP contribution < -0.4 is 0 Å². The van der Waals surface area contributed by atoms with Crippen LogP contribution in [0.5, 0.6) is 0 Å². The molecule has 1 saturated carbocycles. The van der Waals surface area contributed by atoms with Crippen LogP contribution in [0.4, 0.5) is 0 Å². The Labute approximate surface area is 69.0 Å². The number of rotatable bonds is 1. The van der Waals surface area contributed by atoms with Gasteiger partial charge in [0.15, 0.2) is 0 Å². The van der Waals surface area contributed by atoms with Gasteiger partial charge in [-0.2, -0.15) is 0 Å². The maximum absolute atomic E-state index is 5.81. The minimum Gasteiger partial charge on any atom is -0.126 e. The van der Waals surface area contributed by atoms with Crippen molar-refractivity contribution in [3.63, 3.8) is 0 Å².